The molecule has 1 atom stereocenters. The van der Waals surface area contributed by atoms with Crippen LogP contribution in [0.4, 0.5) is 0 Å². The Labute approximate surface area is 80.4 Å². The number of ether oxygens (including phenoxy) is 1. The van der Waals surface area contributed by atoms with Gasteiger partial charge in [0.1, 0.15) is 0 Å². The molecule has 0 saturated carbocycles. The predicted molar refractivity (Wildman–Crippen MR) is 52.9 cm³/mol. The Kier molecular flexibility index (Phi) is 2.58. The van der Waals surface area contributed by atoms with Crippen molar-refractivity contribution in [1.82, 2.24) is 10.2 Å². The quantitative estimate of drug-likeness (QED) is 0.641. The SMILES string of the molecule is CC1(C)CC(N2CCNCC2)CO1. The van der Waals surface area contributed by atoms with Crippen LogP contribution in [0.2, 0.25) is 0 Å². The summed E-state index contributed by atoms with van der Waals surface area (Å²) in [6, 6.07) is 0.664. The smallest absolute Gasteiger partial charge is 0.0643 e. The predicted octanol–water partition coefficient (Wildman–Crippen LogP) is 0.459. The maximum absolute atomic E-state index is 5.74. The largest absolute Gasteiger partial charge is 0.374 e. The summed E-state index contributed by atoms with van der Waals surface area (Å²) in [7, 11) is 0. The van der Waals surface area contributed by atoms with Gasteiger partial charge in [-0.25, -0.2) is 0 Å². The molecule has 1 N–H and O–H groups in total. The second kappa shape index (κ2) is 3.56. The molecule has 76 valence electrons. The molecule has 0 aliphatic carbocycles. The van der Waals surface area contributed by atoms with Gasteiger partial charge >= 0.3 is 0 Å². The van der Waals surface area contributed by atoms with Gasteiger partial charge in [0.25, 0.3) is 0 Å². The molecule has 2 saturated heterocycles. The van der Waals surface area contributed by atoms with Crippen molar-refractivity contribution in [3.8, 4) is 0 Å². The van der Waals surface area contributed by atoms with E-state index in [1.165, 1.54) is 19.5 Å². The average Bonchev–Trinajstić information content (AvgIpc) is 2.48. The van der Waals surface area contributed by atoms with E-state index >= 15 is 0 Å². The first-order valence-corrected chi connectivity index (χ1v) is 5.26. The van der Waals surface area contributed by atoms with E-state index in [4.69, 9.17) is 4.74 Å². The van der Waals surface area contributed by atoms with Crippen molar-refractivity contribution in [2.75, 3.05) is 32.8 Å². The van der Waals surface area contributed by atoms with Crippen molar-refractivity contribution < 1.29 is 4.74 Å². The van der Waals surface area contributed by atoms with E-state index in [2.05, 4.69) is 24.1 Å². The Balaban J connectivity index is 1.87. The lowest BCUT2D eigenvalue weighted by atomic mass is 10.0. The van der Waals surface area contributed by atoms with Crippen LogP contribution in [-0.2, 0) is 4.74 Å². The summed E-state index contributed by atoms with van der Waals surface area (Å²) in [6.07, 6.45) is 1.19. The van der Waals surface area contributed by atoms with Crippen molar-refractivity contribution in [2.24, 2.45) is 0 Å². The van der Waals surface area contributed by atoms with E-state index in [0.29, 0.717) is 6.04 Å². The second-order valence-corrected chi connectivity index (χ2v) is 4.71. The van der Waals surface area contributed by atoms with Crippen LogP contribution < -0.4 is 5.32 Å². The normalized spacial score (nSPS) is 35.1. The topological polar surface area (TPSA) is 24.5 Å². The Morgan fingerprint density at radius 2 is 2.00 bits per heavy atom. The first-order chi connectivity index (χ1) is 6.17. The van der Waals surface area contributed by atoms with Crippen LogP contribution in [0.25, 0.3) is 0 Å². The zero-order valence-electron chi connectivity index (χ0n) is 8.68. The van der Waals surface area contributed by atoms with Crippen molar-refractivity contribution >= 4 is 0 Å². The Morgan fingerprint density at radius 3 is 2.54 bits per heavy atom. The summed E-state index contributed by atoms with van der Waals surface area (Å²) >= 11 is 0. The molecule has 2 aliphatic heterocycles. The molecule has 2 aliphatic rings. The molecule has 3 heteroatoms. The second-order valence-electron chi connectivity index (χ2n) is 4.71. The number of hydrogen-bond acceptors (Lipinski definition) is 3. The highest BCUT2D eigenvalue weighted by Crippen LogP contribution is 2.27. The van der Waals surface area contributed by atoms with Crippen molar-refractivity contribution in [1.29, 1.82) is 0 Å². The van der Waals surface area contributed by atoms with Crippen LogP contribution >= 0.6 is 0 Å². The highest BCUT2D eigenvalue weighted by molar-refractivity contribution is 4.88. The zero-order chi connectivity index (χ0) is 9.31. The average molecular weight is 184 g/mol. The van der Waals surface area contributed by atoms with Gasteiger partial charge in [0.2, 0.25) is 0 Å². The van der Waals surface area contributed by atoms with Gasteiger partial charge in [0, 0.05) is 32.2 Å². The lowest BCUT2D eigenvalue weighted by Crippen LogP contribution is -2.48. The van der Waals surface area contributed by atoms with Gasteiger partial charge in [0.15, 0.2) is 0 Å². The van der Waals surface area contributed by atoms with Gasteiger partial charge in [-0.1, -0.05) is 0 Å². The third-order valence-electron chi connectivity index (χ3n) is 3.06. The van der Waals surface area contributed by atoms with Crippen LogP contribution in [-0.4, -0.2) is 49.3 Å². The fourth-order valence-corrected chi connectivity index (χ4v) is 2.29. The van der Waals surface area contributed by atoms with Crippen LogP contribution in [0.5, 0.6) is 0 Å². The van der Waals surface area contributed by atoms with Crippen molar-refractivity contribution in [2.45, 2.75) is 31.9 Å². The fraction of sp³-hybridized carbons (Fsp3) is 1.00. The van der Waals surface area contributed by atoms with E-state index in [1.54, 1.807) is 0 Å². The molecule has 2 heterocycles. The van der Waals surface area contributed by atoms with E-state index in [0.717, 1.165) is 19.7 Å². The van der Waals surface area contributed by atoms with Crippen LogP contribution in [0.1, 0.15) is 20.3 Å². The van der Waals surface area contributed by atoms with Gasteiger partial charge < -0.3 is 10.1 Å². The molecule has 0 aromatic heterocycles. The third-order valence-corrected chi connectivity index (χ3v) is 3.06. The molecule has 2 fully saturated rings. The summed E-state index contributed by atoms with van der Waals surface area (Å²) in [6.45, 7) is 9.94. The summed E-state index contributed by atoms with van der Waals surface area (Å²) in [5, 5.41) is 3.38. The first kappa shape index (κ1) is 9.44. The molecule has 1 unspecified atom stereocenters. The number of piperazine rings is 1. The van der Waals surface area contributed by atoms with Gasteiger partial charge in [-0.2, -0.15) is 0 Å². The minimum Gasteiger partial charge on any atom is -0.374 e. The van der Waals surface area contributed by atoms with Gasteiger partial charge in [-0.3, -0.25) is 4.90 Å². The summed E-state index contributed by atoms with van der Waals surface area (Å²) in [4.78, 5) is 2.56. The van der Waals surface area contributed by atoms with E-state index in [9.17, 15) is 0 Å². The highest BCUT2D eigenvalue weighted by atomic mass is 16.5. The van der Waals surface area contributed by atoms with Crippen LogP contribution in [0.3, 0.4) is 0 Å². The maximum Gasteiger partial charge on any atom is 0.0643 e. The van der Waals surface area contributed by atoms with Crippen LogP contribution in [0, 0.1) is 0 Å². The lowest BCUT2D eigenvalue weighted by Gasteiger charge is -2.32. The fourth-order valence-electron chi connectivity index (χ4n) is 2.29. The molecule has 2 rings (SSSR count). The Hall–Kier alpha value is -0.120. The van der Waals surface area contributed by atoms with Gasteiger partial charge in [-0.15, -0.1) is 0 Å². The Morgan fingerprint density at radius 1 is 1.31 bits per heavy atom. The Bertz CT molecular complexity index is 176. The number of nitrogens with one attached hydrogen (secondary N) is 1. The van der Waals surface area contributed by atoms with Crippen molar-refractivity contribution in [3.63, 3.8) is 0 Å². The van der Waals surface area contributed by atoms with Gasteiger partial charge in [-0.05, 0) is 20.3 Å². The minimum absolute atomic E-state index is 0.107. The molecule has 3 nitrogen and oxygen atoms in total. The standard InChI is InChI=1S/C10H20N2O/c1-10(2)7-9(8-13-10)12-5-3-11-4-6-12/h9,11H,3-8H2,1-2H3. The molecular weight excluding hydrogens is 164 g/mol. The molecule has 0 spiro atoms. The number of nitrogens with zero attached hydrogens (tertiary/aromatic N) is 1. The monoisotopic (exact) mass is 184 g/mol. The molecule has 0 radical (unpaired) electrons. The summed E-state index contributed by atoms with van der Waals surface area (Å²) < 4.78 is 5.74. The van der Waals surface area contributed by atoms with E-state index < -0.39 is 0 Å². The molecule has 0 aromatic carbocycles. The molecule has 0 amide bonds. The van der Waals surface area contributed by atoms with Crippen LogP contribution in [0.15, 0.2) is 0 Å². The highest BCUT2D eigenvalue weighted by Gasteiger charge is 2.35. The van der Waals surface area contributed by atoms with E-state index in [-0.39, 0.29) is 5.60 Å². The maximum atomic E-state index is 5.74. The van der Waals surface area contributed by atoms with E-state index in [1.807, 2.05) is 0 Å². The number of rotatable bonds is 1. The lowest BCUT2D eigenvalue weighted by molar-refractivity contribution is 0.0324. The number of hydrogen-bond donors (Lipinski definition) is 1. The van der Waals surface area contributed by atoms with Gasteiger partial charge in [0.05, 0.1) is 12.2 Å². The first-order valence-electron chi connectivity index (χ1n) is 5.26. The molecule has 0 bridgehead atoms. The molecule has 0 aromatic rings. The van der Waals surface area contributed by atoms with Crippen molar-refractivity contribution in [3.05, 3.63) is 0 Å². The molecule has 13 heavy (non-hydrogen) atoms. The minimum atomic E-state index is 0.107. The summed E-state index contributed by atoms with van der Waals surface area (Å²) in [5.41, 5.74) is 0.107. The zero-order valence-corrected chi connectivity index (χ0v) is 8.68. The molecular formula is C10H20N2O. The summed E-state index contributed by atoms with van der Waals surface area (Å²) in [5.74, 6) is 0. The third kappa shape index (κ3) is 2.22.